The minimum absolute atomic E-state index is 0.373. The van der Waals surface area contributed by atoms with Crippen molar-refractivity contribution in [3.05, 3.63) is 71.9 Å². The first-order valence-corrected chi connectivity index (χ1v) is 9.76. The van der Waals surface area contributed by atoms with Crippen molar-refractivity contribution in [2.45, 2.75) is 25.2 Å². The lowest BCUT2D eigenvalue weighted by Crippen LogP contribution is -2.44. The average Bonchev–Trinajstić information content (AvgIpc) is 3.35. The molecule has 28 heavy (non-hydrogen) atoms. The smallest absolute Gasteiger partial charge is 0.117 e. The van der Waals surface area contributed by atoms with E-state index in [-0.39, 0.29) is 0 Å². The van der Waals surface area contributed by atoms with Crippen molar-refractivity contribution in [2.24, 2.45) is 0 Å². The Morgan fingerprint density at radius 2 is 1.61 bits per heavy atom. The van der Waals surface area contributed by atoms with Crippen LogP contribution in [-0.2, 0) is 13.1 Å². The van der Waals surface area contributed by atoms with Crippen LogP contribution in [0.4, 0.5) is 0 Å². The van der Waals surface area contributed by atoms with E-state index in [4.69, 9.17) is 4.66 Å². The van der Waals surface area contributed by atoms with Gasteiger partial charge in [-0.1, -0.05) is 65.9 Å². The maximum atomic E-state index is 6.47. The maximum absolute atomic E-state index is 6.47. The molecule has 7 heteroatoms. The molecular weight excluding hydrogens is 374 g/mol. The number of fused-ring (bicyclic) bond motifs is 3. The van der Waals surface area contributed by atoms with Crippen LogP contribution >= 0.6 is 11.9 Å². The summed E-state index contributed by atoms with van der Waals surface area (Å²) in [6, 6.07) is 22.0. The van der Waals surface area contributed by atoms with Crippen LogP contribution in [0.3, 0.4) is 0 Å². The van der Waals surface area contributed by atoms with Crippen molar-refractivity contribution in [3.63, 3.8) is 0 Å². The van der Waals surface area contributed by atoms with Gasteiger partial charge in [-0.25, -0.2) is 4.68 Å². The molecule has 1 saturated heterocycles. The van der Waals surface area contributed by atoms with Crippen molar-refractivity contribution in [1.29, 1.82) is 0 Å². The minimum atomic E-state index is 0.373. The van der Waals surface area contributed by atoms with Crippen LogP contribution in [0, 0.1) is 0 Å². The predicted molar refractivity (Wildman–Crippen MR) is 110 cm³/mol. The SMILES string of the molecule is CN1Cc2c(-c3ccccc3)nnn2C2CN(Cc3ccccc3)CC21.OCl. The highest BCUT2D eigenvalue weighted by atomic mass is 35.5. The van der Waals surface area contributed by atoms with Gasteiger partial charge in [0.25, 0.3) is 0 Å². The molecule has 3 heterocycles. The van der Waals surface area contributed by atoms with E-state index in [9.17, 15) is 0 Å². The molecule has 0 bridgehead atoms. The number of nitrogens with zero attached hydrogens (tertiary/aromatic N) is 5. The fourth-order valence-electron chi connectivity index (χ4n) is 4.39. The Hall–Kier alpha value is -2.25. The predicted octanol–water partition coefficient (Wildman–Crippen LogP) is 2.95. The van der Waals surface area contributed by atoms with E-state index < -0.39 is 0 Å². The molecule has 2 aromatic carbocycles. The molecule has 146 valence electrons. The summed E-state index contributed by atoms with van der Waals surface area (Å²) in [6.07, 6.45) is 0. The molecule has 0 aliphatic carbocycles. The largest absolute Gasteiger partial charge is 0.295 e. The molecule has 1 N–H and O–H groups in total. The molecular formula is C21H24ClN5O. The summed E-state index contributed by atoms with van der Waals surface area (Å²) < 4.78 is 8.66. The first-order valence-electron chi connectivity index (χ1n) is 9.42. The Morgan fingerprint density at radius 3 is 2.32 bits per heavy atom. The zero-order valence-electron chi connectivity index (χ0n) is 15.8. The first kappa shape index (κ1) is 19.1. The van der Waals surface area contributed by atoms with Gasteiger partial charge in [0, 0.05) is 37.8 Å². The molecule has 2 unspecified atom stereocenters. The van der Waals surface area contributed by atoms with E-state index in [1.54, 1.807) is 0 Å². The van der Waals surface area contributed by atoms with Crippen molar-refractivity contribution in [3.8, 4) is 11.3 Å². The van der Waals surface area contributed by atoms with Gasteiger partial charge in [-0.3, -0.25) is 14.5 Å². The Bertz CT molecular complexity index is 902. The Balaban J connectivity index is 0.000000932. The summed E-state index contributed by atoms with van der Waals surface area (Å²) in [7, 11) is 2.23. The summed E-state index contributed by atoms with van der Waals surface area (Å²) in [5.74, 6) is 0. The molecule has 2 aliphatic heterocycles. The maximum Gasteiger partial charge on any atom is 0.117 e. The summed E-state index contributed by atoms with van der Waals surface area (Å²) in [6.45, 7) is 4.00. The number of benzene rings is 2. The molecule has 6 nitrogen and oxygen atoms in total. The van der Waals surface area contributed by atoms with Crippen LogP contribution in [0.5, 0.6) is 0 Å². The van der Waals surface area contributed by atoms with Crippen molar-refractivity contribution in [1.82, 2.24) is 24.8 Å². The van der Waals surface area contributed by atoms with Gasteiger partial charge >= 0.3 is 0 Å². The molecule has 3 aromatic rings. The molecule has 0 amide bonds. The second-order valence-corrected chi connectivity index (χ2v) is 7.42. The third kappa shape index (κ3) is 3.56. The van der Waals surface area contributed by atoms with Gasteiger partial charge < -0.3 is 0 Å². The van der Waals surface area contributed by atoms with E-state index in [1.165, 1.54) is 11.3 Å². The molecule has 0 saturated carbocycles. The normalized spacial score (nSPS) is 21.5. The topological polar surface area (TPSA) is 57.4 Å². The monoisotopic (exact) mass is 397 g/mol. The van der Waals surface area contributed by atoms with E-state index in [0.717, 1.165) is 37.4 Å². The highest BCUT2D eigenvalue weighted by molar-refractivity contribution is 6.04. The molecule has 1 fully saturated rings. The minimum Gasteiger partial charge on any atom is -0.295 e. The van der Waals surface area contributed by atoms with Crippen molar-refractivity contribution < 1.29 is 4.66 Å². The van der Waals surface area contributed by atoms with Gasteiger partial charge in [-0.05, 0) is 12.6 Å². The fraction of sp³-hybridized carbons (Fsp3) is 0.333. The number of halogens is 1. The van der Waals surface area contributed by atoms with E-state index in [2.05, 4.69) is 98.3 Å². The highest BCUT2D eigenvalue weighted by Crippen LogP contribution is 2.35. The highest BCUT2D eigenvalue weighted by Gasteiger charge is 2.42. The summed E-state index contributed by atoms with van der Waals surface area (Å²) >= 11 is 3.64. The van der Waals surface area contributed by atoms with Crippen LogP contribution in [0.2, 0.25) is 0 Å². The van der Waals surface area contributed by atoms with E-state index in [0.29, 0.717) is 12.1 Å². The van der Waals surface area contributed by atoms with Crippen LogP contribution in [0.25, 0.3) is 11.3 Å². The van der Waals surface area contributed by atoms with Crippen molar-refractivity contribution in [2.75, 3.05) is 20.1 Å². The summed E-state index contributed by atoms with van der Waals surface area (Å²) in [5.41, 5.74) is 4.79. The van der Waals surface area contributed by atoms with Gasteiger partial charge in [-0.2, -0.15) is 0 Å². The molecule has 5 rings (SSSR count). The summed E-state index contributed by atoms with van der Waals surface area (Å²) in [5, 5.41) is 9.10. The molecule has 0 spiro atoms. The number of hydrogen-bond acceptors (Lipinski definition) is 5. The second-order valence-electron chi connectivity index (χ2n) is 7.42. The molecule has 0 radical (unpaired) electrons. The molecule has 2 aliphatic rings. The van der Waals surface area contributed by atoms with Gasteiger partial charge in [0.15, 0.2) is 0 Å². The van der Waals surface area contributed by atoms with Crippen LogP contribution in [0.1, 0.15) is 17.3 Å². The zero-order valence-corrected chi connectivity index (χ0v) is 16.6. The van der Waals surface area contributed by atoms with Gasteiger partial charge in [0.1, 0.15) is 5.69 Å². The number of likely N-dealkylation sites (N-methyl/N-ethyl adjacent to an activating group) is 1. The Morgan fingerprint density at radius 1 is 0.964 bits per heavy atom. The lowest BCUT2D eigenvalue weighted by Gasteiger charge is -2.34. The second kappa shape index (κ2) is 8.41. The third-order valence-corrected chi connectivity index (χ3v) is 5.70. The van der Waals surface area contributed by atoms with Crippen molar-refractivity contribution >= 4 is 11.9 Å². The van der Waals surface area contributed by atoms with Gasteiger partial charge in [0.05, 0.1) is 23.6 Å². The van der Waals surface area contributed by atoms with Gasteiger partial charge in [-0.15, -0.1) is 5.10 Å². The van der Waals surface area contributed by atoms with Gasteiger partial charge in [0.2, 0.25) is 0 Å². The van der Waals surface area contributed by atoms with E-state index >= 15 is 0 Å². The van der Waals surface area contributed by atoms with E-state index in [1.807, 2.05) is 6.07 Å². The molecule has 1 aromatic heterocycles. The Kier molecular flexibility index (Phi) is 5.73. The third-order valence-electron chi connectivity index (χ3n) is 5.70. The lowest BCUT2D eigenvalue weighted by molar-refractivity contribution is 0.155. The number of rotatable bonds is 3. The quantitative estimate of drug-likeness (QED) is 0.736. The van der Waals surface area contributed by atoms with Crippen LogP contribution in [-0.4, -0.2) is 55.6 Å². The lowest BCUT2D eigenvalue weighted by atomic mass is 10.0. The fourth-order valence-corrected chi connectivity index (χ4v) is 4.39. The summed E-state index contributed by atoms with van der Waals surface area (Å²) in [4.78, 5) is 5.01. The number of hydrogen-bond donors (Lipinski definition) is 1. The Labute approximate surface area is 170 Å². The number of aromatic nitrogens is 3. The van der Waals surface area contributed by atoms with Crippen LogP contribution < -0.4 is 0 Å². The first-order chi connectivity index (χ1) is 13.8. The number of likely N-dealkylation sites (tertiary alicyclic amines) is 1. The molecule has 2 atom stereocenters. The van der Waals surface area contributed by atoms with Crippen LogP contribution in [0.15, 0.2) is 60.7 Å². The standard InChI is InChI=1S/C21H23N5.ClHO/c1-24-13-20-21(17-10-6-3-7-11-17)22-23-26(20)19-15-25(14-18(19)24)12-16-8-4-2-5-9-16;1-2/h2-11,18-19H,12-15H2,1H3;2H. The average molecular weight is 398 g/mol. The zero-order chi connectivity index (χ0) is 19.5.